The molecule has 0 unspecified atom stereocenters. The molecule has 4 aromatic rings. The average molecular weight is 457 g/mol. The number of nitrogens with one attached hydrogen (secondary N) is 1. The predicted octanol–water partition coefficient (Wildman–Crippen LogP) is 4.39. The summed E-state index contributed by atoms with van der Waals surface area (Å²) in [5, 5.41) is 12.9. The highest BCUT2D eigenvalue weighted by atomic mass is 32.2. The molecular weight excluding hydrogens is 436 g/mol. The number of ether oxygens (including phenoxy) is 1. The Bertz CT molecular complexity index is 1410. The van der Waals surface area contributed by atoms with Gasteiger partial charge in [-0.25, -0.2) is 4.98 Å². The Hall–Kier alpha value is -4.09. The zero-order valence-corrected chi connectivity index (χ0v) is 18.6. The minimum Gasteiger partial charge on any atom is -0.494 e. The van der Waals surface area contributed by atoms with Crippen molar-refractivity contribution in [2.45, 2.75) is 12.1 Å². The van der Waals surface area contributed by atoms with E-state index in [0.29, 0.717) is 45.4 Å². The maximum absolute atomic E-state index is 13.3. The monoisotopic (exact) mass is 456 g/mol. The van der Waals surface area contributed by atoms with E-state index in [0.717, 1.165) is 11.8 Å². The number of fused-ring (bicyclic) bond motifs is 1. The zero-order chi connectivity index (χ0) is 23.2. The van der Waals surface area contributed by atoms with E-state index in [1.165, 1.54) is 4.57 Å². The van der Waals surface area contributed by atoms with Crippen LogP contribution in [0, 0.1) is 11.3 Å². The molecule has 0 spiro atoms. The van der Waals surface area contributed by atoms with Crippen LogP contribution >= 0.6 is 11.8 Å². The van der Waals surface area contributed by atoms with E-state index >= 15 is 0 Å². The van der Waals surface area contributed by atoms with Crippen LogP contribution < -0.4 is 15.6 Å². The number of benzene rings is 3. The first-order valence-electron chi connectivity index (χ1n) is 10.3. The van der Waals surface area contributed by atoms with Crippen LogP contribution in [0.4, 0.5) is 5.69 Å². The van der Waals surface area contributed by atoms with Crippen molar-refractivity contribution in [1.29, 1.82) is 5.26 Å². The van der Waals surface area contributed by atoms with Crippen molar-refractivity contribution in [2.24, 2.45) is 0 Å². The van der Waals surface area contributed by atoms with Crippen LogP contribution in [0.2, 0.25) is 0 Å². The van der Waals surface area contributed by atoms with E-state index in [1.54, 1.807) is 66.7 Å². The average Bonchev–Trinajstić information content (AvgIpc) is 2.84. The van der Waals surface area contributed by atoms with Crippen LogP contribution in [0.5, 0.6) is 5.75 Å². The van der Waals surface area contributed by atoms with Crippen molar-refractivity contribution >= 4 is 34.3 Å². The Morgan fingerprint density at radius 2 is 1.82 bits per heavy atom. The van der Waals surface area contributed by atoms with Crippen molar-refractivity contribution in [3.8, 4) is 17.5 Å². The Labute approximate surface area is 194 Å². The number of anilines is 1. The molecule has 3 aromatic carbocycles. The van der Waals surface area contributed by atoms with Crippen molar-refractivity contribution in [3.63, 3.8) is 0 Å². The van der Waals surface area contributed by atoms with E-state index in [1.807, 2.05) is 13.0 Å². The normalized spacial score (nSPS) is 10.5. The number of hydrogen-bond acceptors (Lipinski definition) is 6. The molecule has 1 heterocycles. The van der Waals surface area contributed by atoms with Gasteiger partial charge >= 0.3 is 0 Å². The standard InChI is InChI=1S/C25H20N4O3S/c1-2-32-19-13-11-18(12-14-19)29-24(31)20-8-4-6-10-22(20)28-25(29)33-16-23(30)27-21-9-5-3-7-17(21)15-26/h3-14H,2,16H2,1H3,(H,27,30). The number of nitrogens with zero attached hydrogens (tertiary/aromatic N) is 3. The summed E-state index contributed by atoms with van der Waals surface area (Å²) in [5.41, 5.74) is 1.79. The summed E-state index contributed by atoms with van der Waals surface area (Å²) in [4.78, 5) is 30.6. The highest BCUT2D eigenvalue weighted by molar-refractivity contribution is 7.99. The number of para-hydroxylation sites is 2. The van der Waals surface area contributed by atoms with Gasteiger partial charge in [0, 0.05) is 0 Å². The summed E-state index contributed by atoms with van der Waals surface area (Å²) in [5.74, 6) is 0.415. The van der Waals surface area contributed by atoms with Gasteiger partial charge < -0.3 is 10.1 Å². The van der Waals surface area contributed by atoms with Crippen molar-refractivity contribution < 1.29 is 9.53 Å². The molecule has 1 N–H and O–H groups in total. The molecule has 0 saturated carbocycles. The van der Waals surface area contributed by atoms with Gasteiger partial charge in [-0.1, -0.05) is 36.0 Å². The molecule has 0 atom stereocenters. The first kappa shape index (κ1) is 22.1. The van der Waals surface area contributed by atoms with Crippen molar-refractivity contribution in [1.82, 2.24) is 9.55 Å². The number of carbonyl (C=O) groups is 1. The number of thioether (sulfide) groups is 1. The predicted molar refractivity (Wildman–Crippen MR) is 129 cm³/mol. The molecule has 0 aliphatic heterocycles. The first-order valence-corrected chi connectivity index (χ1v) is 11.3. The van der Waals surface area contributed by atoms with E-state index in [2.05, 4.69) is 16.4 Å². The van der Waals surface area contributed by atoms with Gasteiger partial charge in [0.1, 0.15) is 11.8 Å². The molecule has 0 fully saturated rings. The SMILES string of the molecule is CCOc1ccc(-n2c(SCC(=O)Nc3ccccc3C#N)nc3ccccc3c2=O)cc1. The quantitative estimate of drug-likeness (QED) is 0.327. The van der Waals surface area contributed by atoms with Crippen LogP contribution in [0.25, 0.3) is 16.6 Å². The summed E-state index contributed by atoms with van der Waals surface area (Å²) in [6, 6.07) is 23.1. The van der Waals surface area contributed by atoms with Crippen LogP contribution in [-0.4, -0.2) is 27.8 Å². The number of aromatic nitrogens is 2. The smallest absolute Gasteiger partial charge is 0.266 e. The third-order valence-corrected chi connectivity index (χ3v) is 5.74. The molecule has 33 heavy (non-hydrogen) atoms. The van der Waals surface area contributed by atoms with E-state index in [4.69, 9.17) is 4.74 Å². The number of nitriles is 1. The lowest BCUT2D eigenvalue weighted by molar-refractivity contribution is -0.113. The van der Waals surface area contributed by atoms with Gasteiger partial charge in [0.15, 0.2) is 5.16 Å². The molecule has 164 valence electrons. The van der Waals surface area contributed by atoms with E-state index in [9.17, 15) is 14.9 Å². The molecule has 1 aromatic heterocycles. The lowest BCUT2D eigenvalue weighted by atomic mass is 10.2. The van der Waals surface area contributed by atoms with Gasteiger partial charge in [-0.2, -0.15) is 5.26 Å². The molecule has 0 radical (unpaired) electrons. The molecule has 0 saturated heterocycles. The molecule has 0 aliphatic carbocycles. The fourth-order valence-corrected chi connectivity index (χ4v) is 4.11. The third kappa shape index (κ3) is 4.89. The molecule has 8 heteroatoms. The molecule has 4 rings (SSSR count). The highest BCUT2D eigenvalue weighted by Crippen LogP contribution is 2.23. The molecule has 7 nitrogen and oxygen atoms in total. The second kappa shape index (κ2) is 10.0. The summed E-state index contributed by atoms with van der Waals surface area (Å²) in [7, 11) is 0. The molecular formula is C25H20N4O3S. The fourth-order valence-electron chi connectivity index (χ4n) is 3.30. The Morgan fingerprint density at radius 3 is 2.58 bits per heavy atom. The maximum atomic E-state index is 13.3. The van der Waals surface area contributed by atoms with Crippen molar-refractivity contribution in [2.75, 3.05) is 17.7 Å². The lowest BCUT2D eigenvalue weighted by Crippen LogP contribution is -2.23. The number of carbonyl (C=O) groups excluding carboxylic acids is 1. The van der Waals surface area contributed by atoms with Crippen LogP contribution in [0.3, 0.4) is 0 Å². The largest absolute Gasteiger partial charge is 0.494 e. The van der Waals surface area contributed by atoms with Gasteiger partial charge in [0.25, 0.3) is 5.56 Å². The summed E-state index contributed by atoms with van der Waals surface area (Å²) >= 11 is 1.15. The zero-order valence-electron chi connectivity index (χ0n) is 17.8. The van der Waals surface area contributed by atoms with Crippen LogP contribution in [0.1, 0.15) is 12.5 Å². The number of rotatable bonds is 7. The number of hydrogen-bond donors (Lipinski definition) is 1. The minimum atomic E-state index is -0.302. The summed E-state index contributed by atoms with van der Waals surface area (Å²) in [6.07, 6.45) is 0. The summed E-state index contributed by atoms with van der Waals surface area (Å²) in [6.45, 7) is 2.45. The van der Waals surface area contributed by atoms with Crippen LogP contribution in [-0.2, 0) is 4.79 Å². The Kier molecular flexibility index (Phi) is 6.72. The number of amides is 1. The van der Waals surface area contributed by atoms with E-state index < -0.39 is 0 Å². The Morgan fingerprint density at radius 1 is 1.09 bits per heavy atom. The highest BCUT2D eigenvalue weighted by Gasteiger charge is 2.15. The van der Waals surface area contributed by atoms with E-state index in [-0.39, 0.29) is 17.2 Å². The lowest BCUT2D eigenvalue weighted by Gasteiger charge is -2.14. The summed E-state index contributed by atoms with van der Waals surface area (Å²) < 4.78 is 7.00. The first-order chi connectivity index (χ1) is 16.1. The minimum absolute atomic E-state index is 0.0154. The van der Waals surface area contributed by atoms with Gasteiger partial charge in [-0.3, -0.25) is 14.2 Å². The molecule has 0 aliphatic rings. The Balaban J connectivity index is 1.66. The topological polar surface area (TPSA) is 97.0 Å². The van der Waals surface area contributed by atoms with Crippen molar-refractivity contribution in [3.05, 3.63) is 88.7 Å². The van der Waals surface area contributed by atoms with Gasteiger partial charge in [0.05, 0.1) is 40.2 Å². The van der Waals surface area contributed by atoms with Gasteiger partial charge in [0.2, 0.25) is 5.91 Å². The van der Waals surface area contributed by atoms with Gasteiger partial charge in [-0.15, -0.1) is 0 Å². The van der Waals surface area contributed by atoms with Gasteiger partial charge in [-0.05, 0) is 55.5 Å². The second-order valence-electron chi connectivity index (χ2n) is 6.97. The second-order valence-corrected chi connectivity index (χ2v) is 7.92. The molecule has 0 bridgehead atoms. The fraction of sp³-hybridized carbons (Fsp3) is 0.120. The van der Waals surface area contributed by atoms with Crippen LogP contribution in [0.15, 0.2) is 82.7 Å². The third-order valence-electron chi connectivity index (χ3n) is 4.80. The molecule has 1 amide bonds. The maximum Gasteiger partial charge on any atom is 0.266 e.